The van der Waals surface area contributed by atoms with Gasteiger partial charge in [0.05, 0.1) is 12.6 Å². The number of aromatic nitrogens is 3. The number of nitrogens with zero attached hydrogens (tertiary/aromatic N) is 3. The van der Waals surface area contributed by atoms with E-state index in [4.69, 9.17) is 5.11 Å². The molecule has 0 bridgehead atoms. The normalized spacial score (nSPS) is 13.1. The third kappa shape index (κ3) is 2.51. The van der Waals surface area contributed by atoms with Crippen molar-refractivity contribution in [3.8, 4) is 0 Å². The molecule has 0 aliphatic rings. The molecule has 0 spiro atoms. The standard InChI is InChI=1S/C8H11F2N3O3/c1-2-4(14)3-13-6(7(9)10)5(8(15)16)11-12-13/h4,7,14H,2-3H2,1H3,(H,15,16). The van der Waals surface area contributed by atoms with Crippen LogP contribution in [0.1, 0.15) is 36.0 Å². The highest BCUT2D eigenvalue weighted by Crippen LogP contribution is 2.21. The van der Waals surface area contributed by atoms with Crippen molar-refractivity contribution in [2.75, 3.05) is 0 Å². The van der Waals surface area contributed by atoms with Gasteiger partial charge in [0.15, 0.2) is 5.69 Å². The van der Waals surface area contributed by atoms with Gasteiger partial charge in [-0.25, -0.2) is 18.3 Å². The van der Waals surface area contributed by atoms with E-state index >= 15 is 0 Å². The first kappa shape index (κ1) is 12.5. The van der Waals surface area contributed by atoms with Crippen molar-refractivity contribution in [2.45, 2.75) is 32.4 Å². The second-order valence-corrected chi connectivity index (χ2v) is 3.17. The minimum atomic E-state index is -3.00. The first-order chi connectivity index (χ1) is 7.47. The SMILES string of the molecule is CCC(O)Cn1nnc(C(=O)O)c1C(F)F. The van der Waals surface area contributed by atoms with Crippen molar-refractivity contribution in [3.63, 3.8) is 0 Å². The number of alkyl halides is 2. The van der Waals surface area contributed by atoms with Gasteiger partial charge in [-0.05, 0) is 6.42 Å². The van der Waals surface area contributed by atoms with Crippen LogP contribution in [0.2, 0.25) is 0 Å². The van der Waals surface area contributed by atoms with Crippen molar-refractivity contribution in [1.29, 1.82) is 0 Å². The van der Waals surface area contributed by atoms with Crippen LogP contribution >= 0.6 is 0 Å². The zero-order valence-electron chi connectivity index (χ0n) is 8.47. The molecule has 0 aromatic carbocycles. The van der Waals surface area contributed by atoms with E-state index in [1.54, 1.807) is 6.92 Å². The van der Waals surface area contributed by atoms with Crippen LogP contribution in [-0.2, 0) is 6.54 Å². The minimum absolute atomic E-state index is 0.198. The van der Waals surface area contributed by atoms with E-state index in [9.17, 15) is 18.7 Å². The molecule has 0 aliphatic heterocycles. The molecule has 1 atom stereocenters. The highest BCUT2D eigenvalue weighted by Gasteiger charge is 2.26. The summed E-state index contributed by atoms with van der Waals surface area (Å²) < 4.78 is 25.9. The number of aromatic carboxylic acids is 1. The summed E-state index contributed by atoms with van der Waals surface area (Å²) in [4.78, 5) is 10.6. The van der Waals surface area contributed by atoms with Crippen molar-refractivity contribution in [2.24, 2.45) is 0 Å². The molecule has 0 saturated heterocycles. The Morgan fingerprint density at radius 3 is 2.62 bits per heavy atom. The second kappa shape index (κ2) is 4.97. The van der Waals surface area contributed by atoms with E-state index in [0.29, 0.717) is 6.42 Å². The van der Waals surface area contributed by atoms with Gasteiger partial charge in [0, 0.05) is 0 Å². The Bertz CT molecular complexity index is 381. The molecule has 0 amide bonds. The number of aliphatic hydroxyl groups excluding tert-OH is 1. The summed E-state index contributed by atoms with van der Waals surface area (Å²) in [6, 6.07) is 0. The topological polar surface area (TPSA) is 88.2 Å². The van der Waals surface area contributed by atoms with Crippen LogP contribution < -0.4 is 0 Å². The van der Waals surface area contributed by atoms with Gasteiger partial charge in [-0.15, -0.1) is 5.10 Å². The Morgan fingerprint density at radius 2 is 2.19 bits per heavy atom. The molecule has 90 valence electrons. The summed E-state index contributed by atoms with van der Waals surface area (Å²) in [5.41, 5.74) is -1.56. The number of carbonyl (C=O) groups is 1. The lowest BCUT2D eigenvalue weighted by molar-refractivity contribution is 0.0673. The van der Waals surface area contributed by atoms with Crippen molar-refractivity contribution in [3.05, 3.63) is 11.4 Å². The zero-order chi connectivity index (χ0) is 12.3. The highest BCUT2D eigenvalue weighted by atomic mass is 19.3. The van der Waals surface area contributed by atoms with Crippen molar-refractivity contribution in [1.82, 2.24) is 15.0 Å². The summed E-state index contributed by atoms with van der Waals surface area (Å²) >= 11 is 0. The number of rotatable bonds is 5. The van der Waals surface area contributed by atoms with E-state index < -0.39 is 29.9 Å². The molecule has 1 unspecified atom stereocenters. The third-order valence-electron chi connectivity index (χ3n) is 2.04. The van der Waals surface area contributed by atoms with Crippen molar-refractivity contribution >= 4 is 5.97 Å². The fourth-order valence-electron chi connectivity index (χ4n) is 1.15. The van der Waals surface area contributed by atoms with Gasteiger partial charge in [0.25, 0.3) is 6.43 Å². The number of carboxylic acid groups (broad SMARTS) is 1. The van der Waals surface area contributed by atoms with E-state index in [0.717, 1.165) is 4.68 Å². The molecule has 0 saturated carbocycles. The largest absolute Gasteiger partial charge is 0.476 e. The van der Waals surface area contributed by atoms with E-state index in [1.165, 1.54) is 0 Å². The summed E-state index contributed by atoms with van der Waals surface area (Å²) in [7, 11) is 0. The minimum Gasteiger partial charge on any atom is -0.476 e. The van der Waals surface area contributed by atoms with Gasteiger partial charge in [-0.1, -0.05) is 12.1 Å². The molecular formula is C8H11F2N3O3. The van der Waals surface area contributed by atoms with Crippen LogP contribution in [0.5, 0.6) is 0 Å². The molecule has 6 nitrogen and oxygen atoms in total. The quantitative estimate of drug-likeness (QED) is 0.783. The average Bonchev–Trinajstić information content (AvgIpc) is 2.61. The average molecular weight is 235 g/mol. The number of hydrogen-bond acceptors (Lipinski definition) is 4. The lowest BCUT2D eigenvalue weighted by Gasteiger charge is -2.09. The van der Waals surface area contributed by atoms with Crippen molar-refractivity contribution < 1.29 is 23.8 Å². The zero-order valence-corrected chi connectivity index (χ0v) is 8.47. The highest BCUT2D eigenvalue weighted by molar-refractivity contribution is 5.86. The molecule has 0 radical (unpaired) electrons. The van der Waals surface area contributed by atoms with Crippen LogP contribution in [0.15, 0.2) is 0 Å². The summed E-state index contributed by atoms with van der Waals surface area (Å²) in [5.74, 6) is -1.56. The lowest BCUT2D eigenvalue weighted by Crippen LogP contribution is -2.18. The predicted octanol–water partition coefficient (Wildman–Crippen LogP) is 0.685. The molecule has 2 N–H and O–H groups in total. The smallest absolute Gasteiger partial charge is 0.358 e. The van der Waals surface area contributed by atoms with Gasteiger partial charge in [-0.2, -0.15) is 0 Å². The van der Waals surface area contributed by atoms with Crippen LogP contribution in [0.25, 0.3) is 0 Å². The lowest BCUT2D eigenvalue weighted by atomic mass is 10.2. The Labute approximate surface area is 89.5 Å². The molecule has 0 fully saturated rings. The summed E-state index contributed by atoms with van der Waals surface area (Å²) in [5, 5.41) is 24.3. The van der Waals surface area contributed by atoms with Gasteiger partial charge < -0.3 is 10.2 Å². The molecule has 1 aromatic heterocycles. The van der Waals surface area contributed by atoms with Gasteiger partial charge >= 0.3 is 5.97 Å². The summed E-state index contributed by atoms with van der Waals surface area (Å²) in [6.07, 6.45) is -3.50. The van der Waals surface area contributed by atoms with Gasteiger partial charge in [-0.3, -0.25) is 0 Å². The van der Waals surface area contributed by atoms with Gasteiger partial charge in [0.1, 0.15) is 5.69 Å². The molecule has 1 heterocycles. The Kier molecular flexibility index (Phi) is 3.88. The van der Waals surface area contributed by atoms with Gasteiger partial charge in [0.2, 0.25) is 0 Å². The molecule has 8 heteroatoms. The number of hydrogen-bond donors (Lipinski definition) is 2. The fourth-order valence-corrected chi connectivity index (χ4v) is 1.15. The Hall–Kier alpha value is -1.57. The maximum Gasteiger partial charge on any atom is 0.358 e. The maximum absolute atomic E-state index is 12.6. The van der Waals surface area contributed by atoms with E-state index in [2.05, 4.69) is 10.3 Å². The molecule has 1 aromatic rings. The molecule has 1 rings (SSSR count). The third-order valence-corrected chi connectivity index (χ3v) is 2.04. The van der Waals surface area contributed by atoms with E-state index in [-0.39, 0.29) is 6.54 Å². The number of halogens is 2. The Morgan fingerprint density at radius 1 is 1.56 bits per heavy atom. The Balaban J connectivity index is 3.05. The monoisotopic (exact) mass is 235 g/mol. The molecule has 16 heavy (non-hydrogen) atoms. The predicted molar refractivity (Wildman–Crippen MR) is 48.2 cm³/mol. The number of aliphatic hydroxyl groups is 1. The first-order valence-corrected chi connectivity index (χ1v) is 4.60. The maximum atomic E-state index is 12.6. The molecule has 0 aliphatic carbocycles. The number of carboxylic acids is 1. The summed E-state index contributed by atoms with van der Waals surface area (Å²) in [6.45, 7) is 1.47. The molecular weight excluding hydrogens is 224 g/mol. The van der Waals surface area contributed by atoms with Crippen LogP contribution in [-0.4, -0.2) is 37.3 Å². The van der Waals surface area contributed by atoms with E-state index in [1.807, 2.05) is 0 Å². The first-order valence-electron chi connectivity index (χ1n) is 4.60. The van der Waals surface area contributed by atoms with Crippen LogP contribution in [0.3, 0.4) is 0 Å². The van der Waals surface area contributed by atoms with Crippen LogP contribution in [0, 0.1) is 0 Å². The fraction of sp³-hybridized carbons (Fsp3) is 0.625. The second-order valence-electron chi connectivity index (χ2n) is 3.17. The van der Waals surface area contributed by atoms with Crippen LogP contribution in [0.4, 0.5) is 8.78 Å².